The standard InChI is InChI=1S/C17H23N5OS/c1-2-3-4-7-15-20-21-16(24-15)19-17(23)22-12-5-6-14(22)13-8-10-18-11-9-13/h8-11,14H,2-7,12H2,1H3,(H,19,21,23). The van der Waals surface area contributed by atoms with Crippen LogP contribution in [0.25, 0.3) is 0 Å². The molecule has 2 amide bonds. The summed E-state index contributed by atoms with van der Waals surface area (Å²) in [6, 6.07) is 3.98. The van der Waals surface area contributed by atoms with E-state index in [1.54, 1.807) is 12.4 Å². The summed E-state index contributed by atoms with van der Waals surface area (Å²) in [7, 11) is 0. The molecule has 1 aliphatic rings. The van der Waals surface area contributed by atoms with Crippen LogP contribution in [0.5, 0.6) is 0 Å². The van der Waals surface area contributed by atoms with Crippen molar-refractivity contribution < 1.29 is 4.79 Å². The Morgan fingerprint density at radius 3 is 2.96 bits per heavy atom. The number of aryl methyl sites for hydroxylation is 1. The second-order valence-corrected chi connectivity index (χ2v) is 7.08. The van der Waals surface area contributed by atoms with Crippen molar-refractivity contribution in [1.29, 1.82) is 0 Å². The van der Waals surface area contributed by atoms with Gasteiger partial charge in [-0.25, -0.2) is 4.79 Å². The van der Waals surface area contributed by atoms with E-state index in [1.807, 2.05) is 17.0 Å². The van der Waals surface area contributed by atoms with Crippen molar-refractivity contribution in [3.05, 3.63) is 35.1 Å². The molecule has 128 valence electrons. The van der Waals surface area contributed by atoms with Crippen molar-refractivity contribution in [3.8, 4) is 0 Å². The number of anilines is 1. The molecular weight excluding hydrogens is 322 g/mol. The van der Waals surface area contributed by atoms with E-state index in [9.17, 15) is 4.79 Å². The van der Waals surface area contributed by atoms with Gasteiger partial charge in [-0.15, -0.1) is 10.2 Å². The number of carbonyl (C=O) groups is 1. The van der Waals surface area contributed by atoms with Crippen LogP contribution in [0, 0.1) is 0 Å². The minimum absolute atomic E-state index is 0.0921. The third-order valence-corrected chi connectivity index (χ3v) is 5.18. The predicted octanol–water partition coefficient (Wildman–Crippen LogP) is 4.03. The quantitative estimate of drug-likeness (QED) is 0.802. The van der Waals surface area contributed by atoms with Crippen molar-refractivity contribution in [2.45, 2.75) is 51.5 Å². The Kier molecular flexibility index (Phi) is 5.74. The number of pyridine rings is 1. The number of amides is 2. The summed E-state index contributed by atoms with van der Waals surface area (Å²) in [5, 5.41) is 12.8. The lowest BCUT2D eigenvalue weighted by atomic mass is 10.1. The number of unbranched alkanes of at least 4 members (excludes halogenated alkanes) is 2. The highest BCUT2D eigenvalue weighted by Gasteiger charge is 2.30. The molecule has 1 N–H and O–H groups in total. The first-order chi connectivity index (χ1) is 11.8. The van der Waals surface area contributed by atoms with Gasteiger partial charge in [0.25, 0.3) is 0 Å². The number of likely N-dealkylation sites (tertiary alicyclic amines) is 1. The Hall–Kier alpha value is -2.02. The van der Waals surface area contributed by atoms with Crippen molar-refractivity contribution in [2.24, 2.45) is 0 Å². The third kappa shape index (κ3) is 4.08. The molecule has 3 heterocycles. The smallest absolute Gasteiger partial charge is 0.317 e. The van der Waals surface area contributed by atoms with Gasteiger partial charge in [-0.2, -0.15) is 0 Å². The number of carbonyl (C=O) groups excluding carboxylic acids is 1. The largest absolute Gasteiger partial charge is 0.324 e. The van der Waals surface area contributed by atoms with Crippen LogP contribution in [0.3, 0.4) is 0 Å². The fraction of sp³-hybridized carbons (Fsp3) is 0.529. The summed E-state index contributed by atoms with van der Waals surface area (Å²) in [6.07, 6.45) is 9.99. The fourth-order valence-electron chi connectivity index (χ4n) is 3.04. The number of nitrogens with one attached hydrogen (secondary N) is 1. The first-order valence-corrected chi connectivity index (χ1v) is 9.39. The molecule has 0 aromatic carbocycles. The zero-order valence-corrected chi connectivity index (χ0v) is 14.8. The van der Waals surface area contributed by atoms with Crippen LogP contribution in [0.4, 0.5) is 9.93 Å². The van der Waals surface area contributed by atoms with Gasteiger partial charge in [-0.05, 0) is 37.0 Å². The Morgan fingerprint density at radius 1 is 1.33 bits per heavy atom. The molecule has 1 aliphatic heterocycles. The average molecular weight is 345 g/mol. The summed E-state index contributed by atoms with van der Waals surface area (Å²) in [4.78, 5) is 18.5. The third-order valence-electron chi connectivity index (χ3n) is 4.28. The maximum atomic E-state index is 12.6. The maximum Gasteiger partial charge on any atom is 0.324 e. The molecule has 6 nitrogen and oxygen atoms in total. The SMILES string of the molecule is CCCCCc1nnc(NC(=O)N2CCCC2c2ccncc2)s1. The number of hydrogen-bond donors (Lipinski definition) is 1. The molecular formula is C17H23N5OS. The van der Waals surface area contributed by atoms with Crippen LogP contribution < -0.4 is 5.32 Å². The molecule has 1 saturated heterocycles. The van der Waals surface area contributed by atoms with Gasteiger partial charge in [0.15, 0.2) is 0 Å². The molecule has 0 radical (unpaired) electrons. The van der Waals surface area contributed by atoms with Crippen molar-refractivity contribution in [2.75, 3.05) is 11.9 Å². The molecule has 2 aromatic heterocycles. The monoisotopic (exact) mass is 345 g/mol. The van der Waals surface area contributed by atoms with Gasteiger partial charge in [-0.1, -0.05) is 31.1 Å². The molecule has 1 atom stereocenters. The van der Waals surface area contributed by atoms with E-state index in [1.165, 1.54) is 24.2 Å². The Morgan fingerprint density at radius 2 is 2.17 bits per heavy atom. The van der Waals surface area contributed by atoms with Gasteiger partial charge in [0, 0.05) is 25.4 Å². The minimum atomic E-state index is -0.0921. The second kappa shape index (κ2) is 8.19. The summed E-state index contributed by atoms with van der Waals surface area (Å²) in [5.41, 5.74) is 1.13. The molecule has 0 bridgehead atoms. The molecule has 2 aromatic rings. The van der Waals surface area contributed by atoms with Crippen LogP contribution in [0.1, 0.15) is 55.6 Å². The number of nitrogens with zero attached hydrogens (tertiary/aromatic N) is 4. The molecule has 3 rings (SSSR count). The number of aromatic nitrogens is 3. The van der Waals surface area contributed by atoms with E-state index in [4.69, 9.17) is 0 Å². The number of rotatable bonds is 6. The Bertz CT molecular complexity index is 660. The van der Waals surface area contributed by atoms with Gasteiger partial charge in [0.05, 0.1) is 6.04 Å². The molecule has 1 unspecified atom stereocenters. The average Bonchev–Trinajstić information content (AvgIpc) is 3.25. The minimum Gasteiger partial charge on any atom is -0.317 e. The van der Waals surface area contributed by atoms with Crippen LogP contribution in [0.15, 0.2) is 24.5 Å². The lowest BCUT2D eigenvalue weighted by molar-refractivity contribution is 0.207. The van der Waals surface area contributed by atoms with Crippen LogP contribution in [0.2, 0.25) is 0 Å². The first kappa shape index (κ1) is 16.8. The summed E-state index contributed by atoms with van der Waals surface area (Å²) in [6.45, 7) is 2.95. The number of hydrogen-bond acceptors (Lipinski definition) is 5. The topological polar surface area (TPSA) is 71.0 Å². The van der Waals surface area contributed by atoms with E-state index < -0.39 is 0 Å². The summed E-state index contributed by atoms with van der Waals surface area (Å²) in [5.74, 6) is 0. The maximum absolute atomic E-state index is 12.6. The highest BCUT2D eigenvalue weighted by atomic mass is 32.1. The molecule has 0 saturated carbocycles. The molecule has 0 aliphatic carbocycles. The number of urea groups is 1. The van der Waals surface area contributed by atoms with Crippen LogP contribution >= 0.6 is 11.3 Å². The molecule has 7 heteroatoms. The van der Waals surface area contributed by atoms with E-state index in [0.29, 0.717) is 5.13 Å². The lowest BCUT2D eigenvalue weighted by Gasteiger charge is -2.24. The van der Waals surface area contributed by atoms with Crippen molar-refractivity contribution >= 4 is 22.5 Å². The van der Waals surface area contributed by atoms with Gasteiger partial charge in [0.2, 0.25) is 5.13 Å². The second-order valence-electron chi connectivity index (χ2n) is 6.02. The fourth-order valence-corrected chi connectivity index (χ4v) is 3.81. The van der Waals surface area contributed by atoms with Crippen LogP contribution in [-0.4, -0.2) is 32.7 Å². The molecule has 1 fully saturated rings. The lowest BCUT2D eigenvalue weighted by Crippen LogP contribution is -2.34. The van der Waals surface area contributed by atoms with E-state index in [0.717, 1.165) is 42.8 Å². The van der Waals surface area contributed by atoms with Gasteiger partial charge in [0.1, 0.15) is 5.01 Å². The summed E-state index contributed by atoms with van der Waals surface area (Å²) < 4.78 is 0. The van der Waals surface area contributed by atoms with E-state index in [2.05, 4.69) is 27.4 Å². The zero-order valence-electron chi connectivity index (χ0n) is 13.9. The highest BCUT2D eigenvalue weighted by Crippen LogP contribution is 2.32. The van der Waals surface area contributed by atoms with E-state index in [-0.39, 0.29) is 12.1 Å². The molecule has 24 heavy (non-hydrogen) atoms. The Balaban J connectivity index is 1.60. The van der Waals surface area contributed by atoms with Gasteiger partial charge >= 0.3 is 6.03 Å². The van der Waals surface area contributed by atoms with Crippen molar-refractivity contribution in [3.63, 3.8) is 0 Å². The zero-order chi connectivity index (χ0) is 16.8. The first-order valence-electron chi connectivity index (χ1n) is 8.58. The molecule has 0 spiro atoms. The van der Waals surface area contributed by atoms with Gasteiger partial charge < -0.3 is 4.90 Å². The Labute approximate surface area is 146 Å². The van der Waals surface area contributed by atoms with E-state index >= 15 is 0 Å². The normalized spacial score (nSPS) is 17.2. The highest BCUT2D eigenvalue weighted by molar-refractivity contribution is 7.15. The van der Waals surface area contributed by atoms with Crippen LogP contribution in [-0.2, 0) is 6.42 Å². The van der Waals surface area contributed by atoms with Gasteiger partial charge in [-0.3, -0.25) is 10.3 Å². The van der Waals surface area contributed by atoms with Crippen molar-refractivity contribution in [1.82, 2.24) is 20.1 Å². The summed E-state index contributed by atoms with van der Waals surface area (Å²) >= 11 is 1.48. The predicted molar refractivity (Wildman–Crippen MR) is 95.1 cm³/mol.